The van der Waals surface area contributed by atoms with Crippen LogP contribution in [0.3, 0.4) is 0 Å². The van der Waals surface area contributed by atoms with E-state index in [4.69, 9.17) is 10.1 Å². The van der Waals surface area contributed by atoms with Crippen LogP contribution in [0.2, 0.25) is 0 Å². The number of rotatable bonds is 3. The lowest BCUT2D eigenvalue weighted by Crippen LogP contribution is -2.08. The van der Waals surface area contributed by atoms with Gasteiger partial charge in [0.25, 0.3) is 0 Å². The summed E-state index contributed by atoms with van der Waals surface area (Å²) in [6.07, 6.45) is 0. The summed E-state index contributed by atoms with van der Waals surface area (Å²) >= 11 is 0. The van der Waals surface area contributed by atoms with Crippen LogP contribution in [-0.4, -0.2) is 5.97 Å². The number of benzene rings is 1. The molecule has 4 heteroatoms. The fraction of sp³-hybridized carbons (Fsp3) is 0.0909. The molecule has 0 fully saturated rings. The Bertz CT molecular complexity index is 432. The summed E-state index contributed by atoms with van der Waals surface area (Å²) < 4.78 is 0. The van der Waals surface area contributed by atoms with Crippen LogP contribution >= 0.6 is 0 Å². The minimum atomic E-state index is -0.664. The molecule has 15 heavy (non-hydrogen) atoms. The molecule has 0 radical (unpaired) electrons. The van der Waals surface area contributed by atoms with E-state index in [1.54, 1.807) is 18.2 Å². The zero-order valence-corrected chi connectivity index (χ0v) is 8.19. The Balaban J connectivity index is 2.70. The van der Waals surface area contributed by atoms with Gasteiger partial charge < -0.3 is 0 Å². The van der Waals surface area contributed by atoms with Crippen LogP contribution in [0.1, 0.15) is 12.5 Å². The van der Waals surface area contributed by atoms with Crippen molar-refractivity contribution in [2.45, 2.75) is 6.92 Å². The molecule has 0 aliphatic heterocycles. The van der Waals surface area contributed by atoms with E-state index in [1.165, 1.54) is 13.0 Å². The topological polar surface area (TPSA) is 59.3 Å². The third-order valence-corrected chi connectivity index (χ3v) is 1.56. The molecule has 0 aliphatic rings. The molecule has 0 atom stereocenters. The Morgan fingerprint density at radius 3 is 2.73 bits per heavy atom. The Morgan fingerprint density at radius 1 is 1.47 bits per heavy atom. The Kier molecular flexibility index (Phi) is 3.47. The number of nitrogens with zero attached hydrogens (tertiary/aromatic N) is 1. The average Bonchev–Trinajstić information content (AvgIpc) is 2.26. The van der Waals surface area contributed by atoms with E-state index in [-0.39, 0.29) is 11.3 Å². The Labute approximate surface area is 87.3 Å². The SMILES string of the molecule is C=C(C)C(=O)OOc1ccccc1C#N. The standard InChI is InChI=1S/C11H9NO3/c1-8(2)11(13)15-14-10-6-4-3-5-9(10)7-12/h3-6H,1H2,2H3. The van der Waals surface area contributed by atoms with Gasteiger partial charge in [-0.3, -0.25) is 4.89 Å². The second-order valence-corrected chi connectivity index (χ2v) is 2.84. The third-order valence-electron chi connectivity index (χ3n) is 1.56. The van der Waals surface area contributed by atoms with Crippen molar-refractivity contribution in [2.75, 3.05) is 0 Å². The van der Waals surface area contributed by atoms with Gasteiger partial charge in [0.2, 0.25) is 0 Å². The van der Waals surface area contributed by atoms with Crippen LogP contribution < -0.4 is 4.89 Å². The van der Waals surface area contributed by atoms with Crippen LogP contribution in [0.15, 0.2) is 36.4 Å². The highest BCUT2D eigenvalue weighted by molar-refractivity contribution is 5.86. The molecule has 0 unspecified atom stereocenters. The maximum absolute atomic E-state index is 11.0. The lowest BCUT2D eigenvalue weighted by atomic mass is 10.2. The molecule has 4 nitrogen and oxygen atoms in total. The lowest BCUT2D eigenvalue weighted by molar-refractivity contribution is -0.208. The minimum Gasteiger partial charge on any atom is -0.285 e. The van der Waals surface area contributed by atoms with E-state index < -0.39 is 5.97 Å². The van der Waals surface area contributed by atoms with Crippen molar-refractivity contribution in [1.29, 1.82) is 5.26 Å². The molecule has 0 spiro atoms. The van der Waals surface area contributed by atoms with Crippen LogP contribution in [0.25, 0.3) is 0 Å². The fourth-order valence-corrected chi connectivity index (χ4v) is 0.786. The smallest absolute Gasteiger partial charge is 0.285 e. The third kappa shape index (κ3) is 2.85. The maximum Gasteiger partial charge on any atom is 0.381 e. The molecular formula is C11H9NO3. The minimum absolute atomic E-state index is 0.203. The molecule has 1 rings (SSSR count). The van der Waals surface area contributed by atoms with Gasteiger partial charge >= 0.3 is 5.97 Å². The Hall–Kier alpha value is -2.28. The first kappa shape index (κ1) is 10.8. The lowest BCUT2D eigenvalue weighted by Gasteiger charge is -2.04. The molecule has 76 valence electrons. The van der Waals surface area contributed by atoms with Crippen molar-refractivity contribution in [2.24, 2.45) is 0 Å². The number of carbonyl (C=O) groups excluding carboxylic acids is 1. The largest absolute Gasteiger partial charge is 0.381 e. The van der Waals surface area contributed by atoms with E-state index in [9.17, 15) is 4.79 Å². The second-order valence-electron chi connectivity index (χ2n) is 2.84. The van der Waals surface area contributed by atoms with E-state index in [0.29, 0.717) is 5.56 Å². The summed E-state index contributed by atoms with van der Waals surface area (Å²) in [5, 5.41) is 8.70. The van der Waals surface area contributed by atoms with Gasteiger partial charge in [0, 0.05) is 5.57 Å². The quantitative estimate of drug-likeness (QED) is 0.428. The summed E-state index contributed by atoms with van der Waals surface area (Å²) in [4.78, 5) is 20.1. The highest BCUT2D eigenvalue weighted by Crippen LogP contribution is 2.16. The fourth-order valence-electron chi connectivity index (χ4n) is 0.786. The molecule has 0 saturated heterocycles. The summed E-state index contributed by atoms with van der Waals surface area (Å²) in [6.45, 7) is 4.89. The summed E-state index contributed by atoms with van der Waals surface area (Å²) in [5.41, 5.74) is 0.524. The van der Waals surface area contributed by atoms with Gasteiger partial charge in [-0.1, -0.05) is 18.7 Å². The first-order valence-electron chi connectivity index (χ1n) is 4.18. The molecule has 0 heterocycles. The van der Waals surface area contributed by atoms with Crippen LogP contribution in [0, 0.1) is 11.3 Å². The van der Waals surface area contributed by atoms with Gasteiger partial charge in [0.15, 0.2) is 5.75 Å². The molecule has 0 saturated carbocycles. The summed E-state index contributed by atoms with van der Waals surface area (Å²) in [6, 6.07) is 8.36. The maximum atomic E-state index is 11.0. The van der Waals surface area contributed by atoms with Crippen molar-refractivity contribution in [3.63, 3.8) is 0 Å². The van der Waals surface area contributed by atoms with E-state index in [2.05, 4.69) is 11.5 Å². The molecular weight excluding hydrogens is 194 g/mol. The number of nitriles is 1. The van der Waals surface area contributed by atoms with Gasteiger partial charge in [-0.15, -0.1) is 0 Å². The number of para-hydroxylation sites is 1. The van der Waals surface area contributed by atoms with Crippen LogP contribution in [0.4, 0.5) is 0 Å². The Morgan fingerprint density at radius 2 is 2.13 bits per heavy atom. The monoisotopic (exact) mass is 203 g/mol. The molecule has 1 aromatic carbocycles. The number of hydrogen-bond acceptors (Lipinski definition) is 4. The molecule has 0 N–H and O–H groups in total. The first-order chi connectivity index (χ1) is 7.15. The summed E-state index contributed by atoms with van der Waals surface area (Å²) in [5.74, 6) is -0.461. The van der Waals surface area contributed by atoms with Crippen molar-refractivity contribution in [1.82, 2.24) is 0 Å². The molecule has 1 aromatic rings. The van der Waals surface area contributed by atoms with E-state index >= 15 is 0 Å². The average molecular weight is 203 g/mol. The molecule has 0 aromatic heterocycles. The van der Waals surface area contributed by atoms with E-state index in [1.807, 2.05) is 6.07 Å². The second kappa shape index (κ2) is 4.82. The summed E-state index contributed by atoms with van der Waals surface area (Å²) in [7, 11) is 0. The highest BCUT2D eigenvalue weighted by Gasteiger charge is 2.08. The normalized spacial score (nSPS) is 8.80. The van der Waals surface area contributed by atoms with Gasteiger partial charge in [-0.2, -0.15) is 5.26 Å². The molecule has 0 aliphatic carbocycles. The van der Waals surface area contributed by atoms with Crippen LogP contribution in [0.5, 0.6) is 5.75 Å². The first-order valence-corrected chi connectivity index (χ1v) is 4.18. The number of carbonyl (C=O) groups is 1. The van der Waals surface area contributed by atoms with Crippen LogP contribution in [-0.2, 0) is 9.68 Å². The molecule has 0 amide bonds. The van der Waals surface area contributed by atoms with Crippen molar-refractivity contribution in [3.05, 3.63) is 42.0 Å². The zero-order valence-electron chi connectivity index (χ0n) is 8.19. The predicted octanol–water partition coefficient (Wildman–Crippen LogP) is 1.97. The zero-order chi connectivity index (χ0) is 11.3. The van der Waals surface area contributed by atoms with E-state index in [0.717, 1.165) is 0 Å². The predicted molar refractivity (Wildman–Crippen MR) is 52.7 cm³/mol. The number of hydrogen-bond donors (Lipinski definition) is 0. The molecule has 0 bridgehead atoms. The van der Waals surface area contributed by atoms with Gasteiger partial charge in [0.1, 0.15) is 6.07 Å². The van der Waals surface area contributed by atoms with Gasteiger partial charge in [-0.25, -0.2) is 9.68 Å². The van der Waals surface area contributed by atoms with Gasteiger partial charge in [0.05, 0.1) is 5.56 Å². The van der Waals surface area contributed by atoms with Crippen molar-refractivity contribution >= 4 is 5.97 Å². The highest BCUT2D eigenvalue weighted by atomic mass is 17.2. The van der Waals surface area contributed by atoms with Gasteiger partial charge in [-0.05, 0) is 19.1 Å². The van der Waals surface area contributed by atoms with Crippen molar-refractivity contribution < 1.29 is 14.6 Å². The van der Waals surface area contributed by atoms with Crippen molar-refractivity contribution in [3.8, 4) is 11.8 Å².